The molecule has 1 atom stereocenters. The van der Waals surface area contributed by atoms with E-state index in [-0.39, 0.29) is 11.3 Å². The molecule has 9 nitrogen and oxygen atoms in total. The van der Waals surface area contributed by atoms with E-state index in [0.717, 1.165) is 10.1 Å². The molecule has 0 amide bonds. The molecule has 0 aliphatic carbocycles. The first-order chi connectivity index (χ1) is 14.9. The van der Waals surface area contributed by atoms with E-state index in [2.05, 4.69) is 5.32 Å². The van der Waals surface area contributed by atoms with Gasteiger partial charge in [-0.1, -0.05) is 54.2 Å². The van der Waals surface area contributed by atoms with Gasteiger partial charge >= 0.3 is 5.69 Å². The highest BCUT2D eigenvalue weighted by molar-refractivity contribution is 8.13. The van der Waals surface area contributed by atoms with Gasteiger partial charge in [0, 0.05) is 32.0 Å². The van der Waals surface area contributed by atoms with Crippen LogP contribution in [0.25, 0.3) is 0 Å². The molecule has 0 bridgehead atoms. The lowest BCUT2D eigenvalue weighted by molar-refractivity contribution is -0.384. The SMILES string of the molecule is Cn1c2c(c(=O)n(C)c1=O)C(c1cccc([N+](=O)[O-])c1)N=C(SCc1ccccc1)N2. The Kier molecular flexibility index (Phi) is 5.47. The fraction of sp³-hybridized carbons (Fsp3) is 0.190. The second kappa shape index (κ2) is 8.23. The molecule has 2 aromatic carbocycles. The number of anilines is 1. The van der Waals surface area contributed by atoms with Crippen LogP contribution in [-0.2, 0) is 19.8 Å². The molecule has 0 saturated carbocycles. The van der Waals surface area contributed by atoms with Crippen molar-refractivity contribution in [2.45, 2.75) is 11.8 Å². The fourth-order valence-electron chi connectivity index (χ4n) is 3.43. The van der Waals surface area contributed by atoms with Crippen molar-refractivity contribution in [2.75, 3.05) is 5.32 Å². The Bertz CT molecular complexity index is 1310. The highest BCUT2D eigenvalue weighted by Crippen LogP contribution is 2.35. The molecule has 4 rings (SSSR count). The zero-order chi connectivity index (χ0) is 22.1. The molecule has 0 spiro atoms. The largest absolute Gasteiger partial charge is 0.332 e. The van der Waals surface area contributed by atoms with E-state index in [1.54, 1.807) is 19.2 Å². The third-order valence-electron chi connectivity index (χ3n) is 5.06. The van der Waals surface area contributed by atoms with E-state index in [1.807, 2.05) is 30.3 Å². The molecule has 0 radical (unpaired) electrons. The van der Waals surface area contributed by atoms with Crippen molar-refractivity contribution < 1.29 is 4.92 Å². The van der Waals surface area contributed by atoms with Crippen LogP contribution < -0.4 is 16.6 Å². The van der Waals surface area contributed by atoms with E-state index >= 15 is 0 Å². The molecule has 0 fully saturated rings. The molecule has 1 aliphatic rings. The van der Waals surface area contributed by atoms with Crippen molar-refractivity contribution in [3.05, 3.63) is 102 Å². The molecule has 31 heavy (non-hydrogen) atoms. The van der Waals surface area contributed by atoms with Crippen LogP contribution in [-0.4, -0.2) is 19.2 Å². The lowest BCUT2D eigenvalue weighted by atomic mass is 9.99. The molecule has 1 aliphatic heterocycles. The van der Waals surface area contributed by atoms with Crippen molar-refractivity contribution in [3.63, 3.8) is 0 Å². The van der Waals surface area contributed by atoms with Gasteiger partial charge in [0.1, 0.15) is 11.9 Å². The number of hydrogen-bond donors (Lipinski definition) is 1. The minimum absolute atomic E-state index is 0.0899. The summed E-state index contributed by atoms with van der Waals surface area (Å²) in [5.74, 6) is 0.970. The van der Waals surface area contributed by atoms with Crippen LogP contribution in [0.4, 0.5) is 11.5 Å². The van der Waals surface area contributed by atoms with Gasteiger partial charge in [-0.15, -0.1) is 0 Å². The number of aromatic nitrogens is 2. The van der Waals surface area contributed by atoms with Gasteiger partial charge in [-0.3, -0.25) is 24.0 Å². The van der Waals surface area contributed by atoms with E-state index < -0.39 is 22.2 Å². The van der Waals surface area contributed by atoms with E-state index in [0.29, 0.717) is 22.3 Å². The van der Waals surface area contributed by atoms with Crippen molar-refractivity contribution in [2.24, 2.45) is 19.1 Å². The number of amidine groups is 1. The third kappa shape index (κ3) is 3.89. The number of hydrogen-bond acceptors (Lipinski definition) is 7. The van der Waals surface area contributed by atoms with Gasteiger partial charge < -0.3 is 5.32 Å². The molecular weight excluding hydrogens is 418 g/mol. The van der Waals surface area contributed by atoms with E-state index in [4.69, 9.17) is 4.99 Å². The third-order valence-corrected chi connectivity index (χ3v) is 6.02. The number of nitro benzene ring substituents is 1. The summed E-state index contributed by atoms with van der Waals surface area (Å²) in [6.45, 7) is 0. The van der Waals surface area contributed by atoms with Crippen LogP contribution in [0.5, 0.6) is 0 Å². The Labute approximate surface area is 181 Å². The van der Waals surface area contributed by atoms with Crippen LogP contribution >= 0.6 is 11.8 Å². The number of non-ortho nitro benzene ring substituents is 1. The number of thioether (sulfide) groups is 1. The van der Waals surface area contributed by atoms with Gasteiger partial charge in [0.2, 0.25) is 0 Å². The maximum Gasteiger partial charge on any atom is 0.332 e. The zero-order valence-electron chi connectivity index (χ0n) is 16.8. The molecule has 1 N–H and O–H groups in total. The number of rotatable bonds is 4. The maximum atomic E-state index is 13.0. The van der Waals surface area contributed by atoms with Crippen LogP contribution in [0.15, 0.2) is 69.2 Å². The monoisotopic (exact) mass is 437 g/mol. The highest BCUT2D eigenvalue weighted by atomic mass is 32.2. The zero-order valence-corrected chi connectivity index (χ0v) is 17.6. The van der Waals surface area contributed by atoms with E-state index in [9.17, 15) is 19.7 Å². The standard InChI is InChI=1S/C21H19N5O4S/c1-24-18-16(19(27)25(2)21(24)28)17(14-9-6-10-15(11-14)26(29)30)22-20(23-18)31-12-13-7-4-3-5-8-13/h3-11,17H,12H2,1-2H3,(H,22,23). The molecule has 0 saturated heterocycles. The Hall–Kier alpha value is -3.66. The summed E-state index contributed by atoms with van der Waals surface area (Å²) in [7, 11) is 2.97. The molecular formula is C21H19N5O4S. The predicted molar refractivity (Wildman–Crippen MR) is 121 cm³/mol. The number of nitrogens with one attached hydrogen (secondary N) is 1. The van der Waals surface area contributed by atoms with Crippen LogP contribution in [0.2, 0.25) is 0 Å². The average molecular weight is 437 g/mol. The number of benzene rings is 2. The quantitative estimate of drug-likeness (QED) is 0.496. The Balaban J connectivity index is 1.83. The van der Waals surface area contributed by atoms with Gasteiger partial charge in [0.15, 0.2) is 5.17 Å². The fourth-order valence-corrected chi connectivity index (χ4v) is 4.28. The minimum atomic E-state index is -0.778. The lowest BCUT2D eigenvalue weighted by Crippen LogP contribution is -2.43. The summed E-state index contributed by atoms with van der Waals surface area (Å²) < 4.78 is 2.38. The summed E-state index contributed by atoms with van der Waals surface area (Å²) in [5.41, 5.74) is 0.821. The van der Waals surface area contributed by atoms with Gasteiger partial charge in [0.05, 0.1) is 10.5 Å². The first kappa shape index (κ1) is 20.6. The second-order valence-corrected chi connectivity index (χ2v) is 8.02. The molecule has 158 valence electrons. The van der Waals surface area contributed by atoms with Crippen LogP contribution in [0.1, 0.15) is 22.7 Å². The van der Waals surface area contributed by atoms with Gasteiger partial charge in [0.25, 0.3) is 11.2 Å². The average Bonchev–Trinajstić information content (AvgIpc) is 2.80. The number of nitrogens with zero attached hydrogens (tertiary/aromatic N) is 4. The molecule has 3 aromatic rings. The summed E-state index contributed by atoms with van der Waals surface area (Å²) in [6, 6.07) is 15.1. The van der Waals surface area contributed by atoms with E-state index in [1.165, 1.54) is 35.5 Å². The van der Waals surface area contributed by atoms with Gasteiger partial charge in [-0.2, -0.15) is 0 Å². The topological polar surface area (TPSA) is 112 Å². The Morgan fingerprint density at radius 2 is 1.84 bits per heavy atom. The summed E-state index contributed by atoms with van der Waals surface area (Å²) in [4.78, 5) is 40.9. The lowest BCUT2D eigenvalue weighted by Gasteiger charge is -2.26. The van der Waals surface area contributed by atoms with Crippen molar-refractivity contribution in [1.82, 2.24) is 9.13 Å². The Morgan fingerprint density at radius 3 is 2.55 bits per heavy atom. The van der Waals surface area contributed by atoms with Gasteiger partial charge in [-0.05, 0) is 11.1 Å². The summed E-state index contributed by atoms with van der Waals surface area (Å²) in [5, 5.41) is 14.9. The minimum Gasteiger partial charge on any atom is -0.320 e. The molecule has 2 heterocycles. The van der Waals surface area contributed by atoms with Crippen molar-refractivity contribution in [3.8, 4) is 0 Å². The van der Waals surface area contributed by atoms with Crippen molar-refractivity contribution >= 4 is 28.4 Å². The normalized spacial score (nSPS) is 15.0. The predicted octanol–water partition coefficient (Wildman–Crippen LogP) is 2.80. The van der Waals surface area contributed by atoms with Gasteiger partial charge in [-0.25, -0.2) is 9.79 Å². The van der Waals surface area contributed by atoms with Crippen LogP contribution in [0.3, 0.4) is 0 Å². The molecule has 10 heteroatoms. The first-order valence-electron chi connectivity index (χ1n) is 9.42. The smallest absolute Gasteiger partial charge is 0.320 e. The number of nitro groups is 1. The summed E-state index contributed by atoms with van der Waals surface area (Å²) in [6.07, 6.45) is 0. The van der Waals surface area contributed by atoms with Crippen LogP contribution in [0, 0.1) is 10.1 Å². The van der Waals surface area contributed by atoms with Crippen molar-refractivity contribution in [1.29, 1.82) is 0 Å². The first-order valence-corrected chi connectivity index (χ1v) is 10.4. The number of aliphatic imine (C=N–C) groups is 1. The number of fused-ring (bicyclic) bond motifs is 1. The maximum absolute atomic E-state index is 13.0. The second-order valence-electron chi connectivity index (χ2n) is 7.06. The summed E-state index contributed by atoms with van der Waals surface area (Å²) >= 11 is 1.43. The molecule has 1 aromatic heterocycles. The Morgan fingerprint density at radius 1 is 1.10 bits per heavy atom. The molecule has 1 unspecified atom stereocenters. The highest BCUT2D eigenvalue weighted by Gasteiger charge is 2.30.